The van der Waals surface area contributed by atoms with Gasteiger partial charge in [0.05, 0.1) is 11.7 Å². The summed E-state index contributed by atoms with van der Waals surface area (Å²) in [4.78, 5) is 11.9. The summed E-state index contributed by atoms with van der Waals surface area (Å²) < 4.78 is 6.49. The van der Waals surface area contributed by atoms with Crippen molar-refractivity contribution in [3.05, 3.63) is 46.1 Å². The fourth-order valence-electron chi connectivity index (χ4n) is 6.04. The quantitative estimate of drug-likeness (QED) is 0.0657. The second kappa shape index (κ2) is 16.0. The number of aliphatic hydroxyl groups is 2. The van der Waals surface area contributed by atoms with Gasteiger partial charge in [-0.2, -0.15) is 0 Å². The van der Waals surface area contributed by atoms with Crippen LogP contribution in [0.25, 0.3) is 0 Å². The molecule has 4 nitrogen and oxygen atoms in total. The van der Waals surface area contributed by atoms with E-state index in [9.17, 15) is 15.0 Å². The van der Waals surface area contributed by atoms with E-state index >= 15 is 0 Å². The molecular weight excluding hydrogens is 524 g/mol. The molecule has 0 unspecified atom stereocenters. The normalized spacial score (nSPS) is 26.5. The first-order valence-electron chi connectivity index (χ1n) is 15.9. The summed E-state index contributed by atoms with van der Waals surface area (Å²) in [5.41, 5.74) is 4.67. The van der Waals surface area contributed by atoms with Crippen molar-refractivity contribution in [1.29, 1.82) is 0 Å². The van der Waals surface area contributed by atoms with E-state index in [1.54, 1.807) is 0 Å². The van der Waals surface area contributed by atoms with Crippen molar-refractivity contribution in [3.63, 3.8) is 0 Å². The summed E-state index contributed by atoms with van der Waals surface area (Å²) in [5, 5.41) is 22.1. The van der Waals surface area contributed by atoms with Crippen LogP contribution in [0.3, 0.4) is 0 Å². The molecule has 1 rings (SSSR count). The van der Waals surface area contributed by atoms with Gasteiger partial charge >= 0.3 is 0 Å². The van der Waals surface area contributed by atoms with E-state index in [-0.39, 0.29) is 16.4 Å². The topological polar surface area (TPSA) is 66.8 Å². The summed E-state index contributed by atoms with van der Waals surface area (Å²) in [6.45, 7) is 26.6. The zero-order valence-corrected chi connectivity index (χ0v) is 29.7. The molecule has 5 heteroatoms. The molecule has 0 heterocycles. The lowest BCUT2D eigenvalue weighted by molar-refractivity contribution is -0.115. The Morgan fingerprint density at radius 3 is 2.24 bits per heavy atom. The van der Waals surface area contributed by atoms with Gasteiger partial charge in [-0.05, 0) is 129 Å². The lowest BCUT2D eigenvalue weighted by atomic mass is 9.54. The van der Waals surface area contributed by atoms with Crippen LogP contribution in [0.5, 0.6) is 0 Å². The Morgan fingerprint density at radius 2 is 1.68 bits per heavy atom. The Hall–Kier alpha value is -1.27. The van der Waals surface area contributed by atoms with Gasteiger partial charge in [0, 0.05) is 12.0 Å². The summed E-state index contributed by atoms with van der Waals surface area (Å²) in [7, 11) is -1.81. The maximum absolute atomic E-state index is 11.9. The highest BCUT2D eigenvalue weighted by Crippen LogP contribution is 2.55. The highest BCUT2D eigenvalue weighted by Gasteiger charge is 2.52. The minimum Gasteiger partial charge on any atom is -0.417 e. The number of aldehydes is 1. The van der Waals surface area contributed by atoms with Crippen LogP contribution >= 0.6 is 0 Å². The standard InChI is InChI=1S/C36H64O4Si/c1-27(2)24-31(38)25-29(4)17-13-16-28(3)18-14-21-35(9)33(19-15-23-40-41(11,12)34(6,7)8)32(30(5)26-37)20-22-36(35,10)39/h17-18,24,26,31,33,38-39H,13-16,19-23,25H2,1-12H3/b28-18+,29-17+,32-30-/t31-,33+,35-,36-/m0/s1. The smallest absolute Gasteiger partial charge is 0.191 e. The van der Waals surface area contributed by atoms with E-state index in [4.69, 9.17) is 4.43 Å². The van der Waals surface area contributed by atoms with Gasteiger partial charge in [-0.3, -0.25) is 4.79 Å². The van der Waals surface area contributed by atoms with Crippen LogP contribution in [-0.4, -0.2) is 43.1 Å². The monoisotopic (exact) mass is 588 g/mol. The number of carbonyl (C=O) groups excluding carboxylic acids is 1. The first kappa shape index (κ1) is 37.8. The number of rotatable bonds is 15. The van der Waals surface area contributed by atoms with Gasteiger partial charge in [0.25, 0.3) is 0 Å². The lowest BCUT2D eigenvalue weighted by Crippen LogP contribution is -2.52. The van der Waals surface area contributed by atoms with E-state index in [2.05, 4.69) is 66.8 Å². The number of aliphatic hydroxyl groups excluding tert-OH is 1. The predicted octanol–water partition coefficient (Wildman–Crippen LogP) is 9.64. The third-order valence-corrected chi connectivity index (χ3v) is 14.7. The minimum atomic E-state index is -1.81. The van der Waals surface area contributed by atoms with Gasteiger partial charge in [0.15, 0.2) is 8.32 Å². The van der Waals surface area contributed by atoms with Crippen LogP contribution in [0.1, 0.15) is 127 Å². The third-order valence-electron chi connectivity index (χ3n) is 10.1. The fourth-order valence-corrected chi connectivity index (χ4v) is 7.12. The molecule has 0 aliphatic heterocycles. The van der Waals surface area contributed by atoms with E-state index in [0.717, 1.165) is 69.0 Å². The molecule has 1 fully saturated rings. The van der Waals surface area contributed by atoms with Crippen molar-refractivity contribution >= 4 is 14.6 Å². The van der Waals surface area contributed by atoms with E-state index < -0.39 is 20.0 Å². The van der Waals surface area contributed by atoms with Gasteiger partial charge in [-0.25, -0.2) is 0 Å². The molecule has 0 radical (unpaired) electrons. The minimum absolute atomic E-state index is 0.158. The average molecular weight is 589 g/mol. The van der Waals surface area contributed by atoms with Crippen LogP contribution in [0.15, 0.2) is 46.1 Å². The first-order chi connectivity index (χ1) is 18.8. The number of allylic oxidation sites excluding steroid dienone is 6. The molecule has 0 aromatic heterocycles. The molecule has 0 amide bonds. The Balaban J connectivity index is 2.97. The van der Waals surface area contributed by atoms with Crippen LogP contribution in [-0.2, 0) is 9.22 Å². The van der Waals surface area contributed by atoms with Crippen molar-refractivity contribution in [2.24, 2.45) is 11.3 Å². The highest BCUT2D eigenvalue weighted by atomic mass is 28.4. The largest absolute Gasteiger partial charge is 0.417 e. The number of hydrogen-bond acceptors (Lipinski definition) is 4. The van der Waals surface area contributed by atoms with Gasteiger partial charge in [0.1, 0.15) is 6.29 Å². The van der Waals surface area contributed by atoms with Gasteiger partial charge in [-0.1, -0.05) is 68.2 Å². The van der Waals surface area contributed by atoms with Crippen molar-refractivity contribution in [2.75, 3.05) is 6.61 Å². The molecule has 41 heavy (non-hydrogen) atoms. The summed E-state index contributed by atoms with van der Waals surface area (Å²) >= 11 is 0. The van der Waals surface area contributed by atoms with Crippen LogP contribution in [0.4, 0.5) is 0 Å². The SMILES string of the molecule is CC(C)=C[C@H](O)C/C(C)=C/CC/C(C)=C/CC[C@@]1(C)[C@H](CCCO[Si](C)(C)C(C)(C)C)/C(=C(/C)C=O)CC[C@]1(C)O. The lowest BCUT2D eigenvalue weighted by Gasteiger charge is -2.53. The molecule has 1 aliphatic carbocycles. The molecule has 0 bridgehead atoms. The number of hydrogen-bond donors (Lipinski definition) is 2. The molecular formula is C36H64O4Si. The Morgan fingerprint density at radius 1 is 1.07 bits per heavy atom. The summed E-state index contributed by atoms with van der Waals surface area (Å²) in [6, 6.07) is 0. The van der Waals surface area contributed by atoms with Gasteiger partial charge in [0.2, 0.25) is 0 Å². The van der Waals surface area contributed by atoms with E-state index in [1.807, 2.05) is 33.8 Å². The molecule has 0 aromatic carbocycles. The summed E-state index contributed by atoms with van der Waals surface area (Å²) in [5.74, 6) is 0.158. The molecule has 4 atom stereocenters. The van der Waals surface area contributed by atoms with Crippen LogP contribution in [0, 0.1) is 11.3 Å². The van der Waals surface area contributed by atoms with Crippen LogP contribution < -0.4 is 0 Å². The van der Waals surface area contributed by atoms with Crippen molar-refractivity contribution < 1.29 is 19.4 Å². The van der Waals surface area contributed by atoms with E-state index in [1.165, 1.54) is 16.7 Å². The van der Waals surface area contributed by atoms with Crippen LogP contribution in [0.2, 0.25) is 18.1 Å². The van der Waals surface area contributed by atoms with Gasteiger partial charge in [-0.15, -0.1) is 0 Å². The summed E-state index contributed by atoms with van der Waals surface area (Å²) in [6.07, 6.45) is 14.8. The highest BCUT2D eigenvalue weighted by molar-refractivity contribution is 6.74. The van der Waals surface area contributed by atoms with Crippen molar-refractivity contribution in [1.82, 2.24) is 0 Å². The number of carbonyl (C=O) groups is 1. The Bertz CT molecular complexity index is 972. The maximum Gasteiger partial charge on any atom is 0.191 e. The zero-order valence-electron chi connectivity index (χ0n) is 28.7. The molecule has 1 aliphatic rings. The van der Waals surface area contributed by atoms with E-state index in [0.29, 0.717) is 12.8 Å². The van der Waals surface area contributed by atoms with Crippen molar-refractivity contribution in [3.8, 4) is 0 Å². The van der Waals surface area contributed by atoms with Crippen molar-refractivity contribution in [2.45, 2.75) is 157 Å². The second-order valence-electron chi connectivity index (χ2n) is 15.0. The van der Waals surface area contributed by atoms with Gasteiger partial charge < -0.3 is 14.6 Å². The average Bonchev–Trinajstić information content (AvgIpc) is 2.82. The third kappa shape index (κ3) is 11.4. The molecule has 236 valence electrons. The molecule has 2 N–H and O–H groups in total. The fraction of sp³-hybridized carbons (Fsp3) is 0.750. The predicted molar refractivity (Wildman–Crippen MR) is 179 cm³/mol. The molecule has 0 aromatic rings. The molecule has 1 saturated carbocycles. The molecule has 0 saturated heterocycles. The molecule has 0 spiro atoms. The maximum atomic E-state index is 11.9. The second-order valence-corrected chi connectivity index (χ2v) is 19.8. The first-order valence-corrected chi connectivity index (χ1v) is 18.8. The Labute approximate surface area is 254 Å². The Kier molecular flexibility index (Phi) is 14.7. The zero-order chi connectivity index (χ0) is 31.6.